The minimum Gasteiger partial charge on any atom is -0.478 e. The minimum absolute atomic E-state index is 0.0373. The van der Waals surface area contributed by atoms with E-state index in [-0.39, 0.29) is 17.9 Å². The zero-order chi connectivity index (χ0) is 14.8. The first kappa shape index (κ1) is 14.1. The first-order valence-electron chi connectivity index (χ1n) is 7.48. The molecule has 0 aliphatic carbocycles. The highest BCUT2D eigenvalue weighted by Crippen LogP contribution is 2.22. The van der Waals surface area contributed by atoms with Crippen molar-refractivity contribution in [3.05, 3.63) is 35.4 Å². The van der Waals surface area contributed by atoms with Crippen molar-refractivity contribution >= 4 is 11.9 Å². The van der Waals surface area contributed by atoms with Gasteiger partial charge in [0.25, 0.3) is 0 Å². The predicted molar refractivity (Wildman–Crippen MR) is 78.3 cm³/mol. The number of hydrogen-bond donors (Lipinski definition) is 1. The van der Waals surface area contributed by atoms with Gasteiger partial charge in [-0.15, -0.1) is 0 Å². The van der Waals surface area contributed by atoms with Gasteiger partial charge in [0.05, 0.1) is 12.0 Å². The van der Waals surface area contributed by atoms with Crippen LogP contribution < -0.4 is 0 Å². The van der Waals surface area contributed by atoms with E-state index >= 15 is 0 Å². The molecule has 0 saturated carbocycles. The minimum atomic E-state index is -0.973. The first-order chi connectivity index (χ1) is 10.1. The number of carbonyl (C=O) groups excluding carboxylic acids is 1. The lowest BCUT2D eigenvalue weighted by Gasteiger charge is -2.37. The lowest BCUT2D eigenvalue weighted by molar-refractivity contribution is -0.133. The number of carboxylic acids is 1. The van der Waals surface area contributed by atoms with Gasteiger partial charge in [0.2, 0.25) is 5.91 Å². The zero-order valence-electron chi connectivity index (χ0n) is 12.0. The topological polar surface area (TPSA) is 60.9 Å². The van der Waals surface area contributed by atoms with E-state index < -0.39 is 5.97 Å². The third-order valence-electron chi connectivity index (χ3n) is 4.53. The second-order valence-electron chi connectivity index (χ2n) is 5.81. The molecule has 1 aromatic rings. The van der Waals surface area contributed by atoms with Gasteiger partial charge in [-0.3, -0.25) is 9.69 Å². The first-order valence-corrected chi connectivity index (χ1v) is 7.48. The molecular formula is C16H20N2O3. The van der Waals surface area contributed by atoms with Gasteiger partial charge in [-0.1, -0.05) is 18.2 Å². The van der Waals surface area contributed by atoms with Gasteiger partial charge < -0.3 is 10.0 Å². The van der Waals surface area contributed by atoms with Crippen LogP contribution in [0.15, 0.2) is 24.3 Å². The van der Waals surface area contributed by atoms with Crippen LogP contribution in [0, 0.1) is 0 Å². The normalized spacial score (nSPS) is 22.1. The summed E-state index contributed by atoms with van der Waals surface area (Å²) in [6, 6.07) is 7.25. The van der Waals surface area contributed by atoms with Crippen LogP contribution in [0.2, 0.25) is 0 Å². The molecule has 1 unspecified atom stereocenters. The van der Waals surface area contributed by atoms with Crippen LogP contribution in [-0.4, -0.2) is 59.0 Å². The lowest BCUT2D eigenvalue weighted by atomic mass is 10.0. The number of aromatic carboxylic acids is 1. The summed E-state index contributed by atoms with van der Waals surface area (Å²) in [6.45, 7) is 3.63. The number of piperazine rings is 1. The van der Waals surface area contributed by atoms with Crippen LogP contribution in [-0.2, 0) is 11.2 Å². The molecule has 0 bridgehead atoms. The smallest absolute Gasteiger partial charge is 0.335 e. The number of carboxylic acid groups (broad SMARTS) is 1. The van der Waals surface area contributed by atoms with E-state index in [9.17, 15) is 14.7 Å². The number of carbonyl (C=O) groups is 2. The van der Waals surface area contributed by atoms with Gasteiger partial charge in [-0.05, 0) is 31.0 Å². The Morgan fingerprint density at radius 1 is 1.19 bits per heavy atom. The van der Waals surface area contributed by atoms with Gasteiger partial charge in [-0.25, -0.2) is 4.79 Å². The van der Waals surface area contributed by atoms with Crippen LogP contribution in [0.4, 0.5) is 0 Å². The van der Waals surface area contributed by atoms with Crippen molar-refractivity contribution < 1.29 is 14.7 Å². The summed E-state index contributed by atoms with van der Waals surface area (Å²) in [6.07, 6.45) is 2.55. The molecule has 0 aromatic heterocycles. The molecule has 112 valence electrons. The average molecular weight is 288 g/mol. The Bertz CT molecular complexity index is 558. The Morgan fingerprint density at radius 2 is 2.00 bits per heavy atom. The van der Waals surface area contributed by atoms with E-state index in [4.69, 9.17) is 0 Å². The molecule has 3 rings (SSSR count). The van der Waals surface area contributed by atoms with Gasteiger partial charge in [0, 0.05) is 25.7 Å². The summed E-state index contributed by atoms with van der Waals surface area (Å²) in [5.41, 5.74) is 0.828. The number of amides is 1. The van der Waals surface area contributed by atoms with Gasteiger partial charge >= 0.3 is 5.97 Å². The monoisotopic (exact) mass is 288 g/mol. The molecule has 0 radical (unpaired) electrons. The largest absolute Gasteiger partial charge is 0.478 e. The SMILES string of the molecule is O=C(O)c1ccccc1CC(=O)N1CCN2CCCC2C1. The van der Waals surface area contributed by atoms with Crippen LogP contribution in [0.5, 0.6) is 0 Å². The number of hydrogen-bond acceptors (Lipinski definition) is 3. The van der Waals surface area contributed by atoms with E-state index in [1.54, 1.807) is 24.3 Å². The lowest BCUT2D eigenvalue weighted by Crippen LogP contribution is -2.52. The summed E-state index contributed by atoms with van der Waals surface area (Å²) in [5.74, 6) is -0.936. The van der Waals surface area contributed by atoms with E-state index in [0.29, 0.717) is 11.6 Å². The Hall–Kier alpha value is -1.88. The Kier molecular flexibility index (Phi) is 3.92. The molecule has 0 spiro atoms. The third-order valence-corrected chi connectivity index (χ3v) is 4.53. The molecule has 5 nitrogen and oxygen atoms in total. The number of fused-ring (bicyclic) bond motifs is 1. The summed E-state index contributed by atoms with van der Waals surface area (Å²) < 4.78 is 0. The predicted octanol–water partition coefficient (Wildman–Crippen LogP) is 1.23. The summed E-state index contributed by atoms with van der Waals surface area (Å²) in [7, 11) is 0. The maximum absolute atomic E-state index is 12.4. The molecule has 5 heteroatoms. The Balaban J connectivity index is 1.68. The van der Waals surface area contributed by atoms with E-state index in [1.807, 2.05) is 4.90 Å². The van der Waals surface area contributed by atoms with E-state index in [2.05, 4.69) is 4.90 Å². The molecule has 2 aliphatic heterocycles. The fraction of sp³-hybridized carbons (Fsp3) is 0.500. The van der Waals surface area contributed by atoms with Gasteiger partial charge in [0.15, 0.2) is 0 Å². The number of nitrogens with zero attached hydrogens (tertiary/aromatic N) is 2. The standard InChI is InChI=1S/C16H20N2O3/c19-15(10-12-4-1-2-6-14(12)16(20)21)18-9-8-17-7-3-5-13(17)11-18/h1-2,4,6,13H,3,5,7-11H2,(H,20,21). The van der Waals surface area contributed by atoms with Crippen molar-refractivity contribution in [2.45, 2.75) is 25.3 Å². The zero-order valence-corrected chi connectivity index (χ0v) is 12.0. The molecule has 1 aromatic carbocycles. The second-order valence-corrected chi connectivity index (χ2v) is 5.81. The van der Waals surface area contributed by atoms with Crippen LogP contribution in [0.3, 0.4) is 0 Å². The van der Waals surface area contributed by atoms with Crippen molar-refractivity contribution in [3.8, 4) is 0 Å². The third kappa shape index (κ3) is 2.93. The van der Waals surface area contributed by atoms with Crippen LogP contribution in [0.1, 0.15) is 28.8 Å². The van der Waals surface area contributed by atoms with Crippen molar-refractivity contribution in [1.29, 1.82) is 0 Å². The average Bonchev–Trinajstić information content (AvgIpc) is 2.94. The highest BCUT2D eigenvalue weighted by Gasteiger charge is 2.32. The number of rotatable bonds is 3. The van der Waals surface area contributed by atoms with Crippen molar-refractivity contribution in [2.24, 2.45) is 0 Å². The molecule has 1 N–H and O–H groups in total. The van der Waals surface area contributed by atoms with Gasteiger partial charge in [0.1, 0.15) is 0 Å². The highest BCUT2D eigenvalue weighted by molar-refractivity contribution is 5.91. The van der Waals surface area contributed by atoms with Crippen LogP contribution >= 0.6 is 0 Å². The second kappa shape index (κ2) is 5.85. The molecule has 2 fully saturated rings. The van der Waals surface area contributed by atoms with Crippen LogP contribution in [0.25, 0.3) is 0 Å². The maximum Gasteiger partial charge on any atom is 0.335 e. The molecule has 1 atom stereocenters. The number of benzene rings is 1. The molecule has 21 heavy (non-hydrogen) atoms. The molecule has 2 saturated heterocycles. The van der Waals surface area contributed by atoms with E-state index in [1.165, 1.54) is 6.42 Å². The fourth-order valence-electron chi connectivity index (χ4n) is 3.38. The Morgan fingerprint density at radius 3 is 2.81 bits per heavy atom. The summed E-state index contributed by atoms with van der Waals surface area (Å²) >= 11 is 0. The van der Waals surface area contributed by atoms with Gasteiger partial charge in [-0.2, -0.15) is 0 Å². The fourth-order valence-corrected chi connectivity index (χ4v) is 3.38. The van der Waals surface area contributed by atoms with Crippen molar-refractivity contribution in [2.75, 3.05) is 26.2 Å². The molecular weight excluding hydrogens is 268 g/mol. The summed E-state index contributed by atoms with van der Waals surface area (Å²) in [5, 5.41) is 9.18. The molecule has 1 amide bonds. The quantitative estimate of drug-likeness (QED) is 0.909. The van der Waals surface area contributed by atoms with Crippen molar-refractivity contribution in [3.63, 3.8) is 0 Å². The maximum atomic E-state index is 12.4. The molecule has 2 aliphatic rings. The molecule has 2 heterocycles. The van der Waals surface area contributed by atoms with E-state index in [0.717, 1.165) is 32.6 Å². The highest BCUT2D eigenvalue weighted by atomic mass is 16.4. The van der Waals surface area contributed by atoms with Crippen molar-refractivity contribution in [1.82, 2.24) is 9.80 Å². The summed E-state index contributed by atoms with van der Waals surface area (Å²) in [4.78, 5) is 28.0. The Labute approximate surface area is 124 Å².